The van der Waals surface area contributed by atoms with E-state index in [0.29, 0.717) is 6.04 Å². The number of nitrogens with one attached hydrogen (secondary N) is 1. The second-order valence-electron chi connectivity index (χ2n) is 4.70. The number of aromatic nitrogens is 2. The van der Waals surface area contributed by atoms with Crippen LogP contribution < -0.4 is 5.32 Å². The van der Waals surface area contributed by atoms with E-state index in [2.05, 4.69) is 62.8 Å². The molecule has 19 heavy (non-hydrogen) atoms. The van der Waals surface area contributed by atoms with Gasteiger partial charge in [0.15, 0.2) is 0 Å². The summed E-state index contributed by atoms with van der Waals surface area (Å²) in [6.07, 6.45) is 4.97. The molecule has 0 aliphatic rings. The summed E-state index contributed by atoms with van der Waals surface area (Å²) in [4.78, 5) is 4.22. The Morgan fingerprint density at radius 2 is 2.16 bits per heavy atom. The van der Waals surface area contributed by atoms with Gasteiger partial charge in [-0.05, 0) is 25.0 Å². The number of hydrogen-bond acceptors (Lipinski definition) is 2. The molecule has 3 nitrogen and oxygen atoms in total. The van der Waals surface area contributed by atoms with Crippen molar-refractivity contribution in [3.63, 3.8) is 0 Å². The highest BCUT2D eigenvalue weighted by atomic mass is 79.9. The van der Waals surface area contributed by atoms with Crippen LogP contribution in [-0.2, 0) is 13.1 Å². The third-order valence-electron chi connectivity index (χ3n) is 3.22. The van der Waals surface area contributed by atoms with Crippen LogP contribution in [0.2, 0.25) is 0 Å². The molecule has 4 heteroatoms. The van der Waals surface area contributed by atoms with Crippen LogP contribution in [0, 0.1) is 0 Å². The number of benzene rings is 1. The van der Waals surface area contributed by atoms with E-state index in [1.165, 1.54) is 11.3 Å². The predicted octanol–water partition coefficient (Wildman–Crippen LogP) is 3.91. The minimum absolute atomic E-state index is 0.306. The molecule has 1 aromatic heterocycles. The third-order valence-corrected chi connectivity index (χ3v) is 3.95. The lowest BCUT2D eigenvalue weighted by molar-refractivity contribution is 0.540. The number of imidazole rings is 1. The molecule has 1 N–H and O–H groups in total. The summed E-state index contributed by atoms with van der Waals surface area (Å²) in [7, 11) is 0. The van der Waals surface area contributed by atoms with Crippen molar-refractivity contribution in [1.82, 2.24) is 14.9 Å². The number of nitrogens with zero attached hydrogens (tertiary/aromatic N) is 2. The Morgan fingerprint density at radius 1 is 1.37 bits per heavy atom. The largest absolute Gasteiger partial charge is 0.333 e. The first kappa shape index (κ1) is 14.3. The molecular weight excluding hydrogens is 302 g/mol. The number of rotatable bonds is 6. The van der Waals surface area contributed by atoms with Crippen molar-refractivity contribution >= 4 is 15.9 Å². The zero-order chi connectivity index (χ0) is 13.7. The van der Waals surface area contributed by atoms with Crippen LogP contribution in [0.25, 0.3) is 0 Å². The first-order valence-corrected chi connectivity index (χ1v) is 7.48. The van der Waals surface area contributed by atoms with Crippen LogP contribution in [0.4, 0.5) is 0 Å². The minimum Gasteiger partial charge on any atom is -0.333 e. The molecule has 0 fully saturated rings. The minimum atomic E-state index is 0.306. The van der Waals surface area contributed by atoms with E-state index in [4.69, 9.17) is 0 Å². The second-order valence-corrected chi connectivity index (χ2v) is 5.56. The number of hydrogen-bond donors (Lipinski definition) is 1. The van der Waals surface area contributed by atoms with Crippen LogP contribution in [0.1, 0.15) is 37.6 Å². The zero-order valence-corrected chi connectivity index (χ0v) is 13.0. The lowest BCUT2D eigenvalue weighted by atomic mass is 10.1. The fourth-order valence-electron chi connectivity index (χ4n) is 2.13. The summed E-state index contributed by atoms with van der Waals surface area (Å²) in [6.45, 7) is 6.23. The van der Waals surface area contributed by atoms with Crippen LogP contribution in [0.15, 0.2) is 41.3 Å². The topological polar surface area (TPSA) is 29.9 Å². The van der Waals surface area contributed by atoms with E-state index in [0.717, 1.165) is 24.0 Å². The molecule has 1 atom stereocenters. The van der Waals surface area contributed by atoms with Gasteiger partial charge < -0.3 is 9.88 Å². The molecule has 1 aromatic carbocycles. The number of aryl methyl sites for hydroxylation is 1. The van der Waals surface area contributed by atoms with E-state index in [1.807, 2.05) is 18.6 Å². The van der Waals surface area contributed by atoms with Gasteiger partial charge in [-0.1, -0.05) is 41.1 Å². The van der Waals surface area contributed by atoms with E-state index >= 15 is 0 Å². The SMILES string of the molecule is CCCn1cncc1CNC(C)c1ccccc1Br. The lowest BCUT2D eigenvalue weighted by Crippen LogP contribution is -2.20. The molecule has 0 saturated heterocycles. The van der Waals surface area contributed by atoms with Gasteiger partial charge in [-0.15, -0.1) is 0 Å². The van der Waals surface area contributed by atoms with Crippen LogP contribution in [0.5, 0.6) is 0 Å². The van der Waals surface area contributed by atoms with Crippen LogP contribution in [0.3, 0.4) is 0 Å². The summed E-state index contributed by atoms with van der Waals surface area (Å²) in [6, 6.07) is 8.64. The monoisotopic (exact) mass is 321 g/mol. The Hall–Kier alpha value is -1.13. The zero-order valence-electron chi connectivity index (χ0n) is 11.4. The van der Waals surface area contributed by atoms with Crippen molar-refractivity contribution in [2.75, 3.05) is 0 Å². The molecule has 0 amide bonds. The van der Waals surface area contributed by atoms with Crippen molar-refractivity contribution < 1.29 is 0 Å². The second kappa shape index (κ2) is 6.87. The van der Waals surface area contributed by atoms with Gasteiger partial charge >= 0.3 is 0 Å². The average Bonchev–Trinajstić information content (AvgIpc) is 2.84. The fraction of sp³-hybridized carbons (Fsp3) is 0.400. The van der Waals surface area contributed by atoms with Crippen molar-refractivity contribution in [3.05, 3.63) is 52.5 Å². The first-order chi connectivity index (χ1) is 9.22. The molecule has 0 spiro atoms. The Bertz CT molecular complexity index is 522. The van der Waals surface area contributed by atoms with Gasteiger partial charge in [0.05, 0.1) is 12.0 Å². The van der Waals surface area contributed by atoms with Crippen LogP contribution in [-0.4, -0.2) is 9.55 Å². The highest BCUT2D eigenvalue weighted by molar-refractivity contribution is 9.10. The smallest absolute Gasteiger partial charge is 0.0948 e. The summed E-state index contributed by atoms with van der Waals surface area (Å²) in [5, 5.41) is 3.55. The molecule has 1 unspecified atom stereocenters. The van der Waals surface area contributed by atoms with Crippen LogP contribution >= 0.6 is 15.9 Å². The normalized spacial score (nSPS) is 12.6. The molecule has 102 valence electrons. The van der Waals surface area contributed by atoms with Crippen molar-refractivity contribution in [3.8, 4) is 0 Å². The Morgan fingerprint density at radius 3 is 2.89 bits per heavy atom. The van der Waals surface area contributed by atoms with Gasteiger partial charge in [-0.3, -0.25) is 0 Å². The summed E-state index contributed by atoms with van der Waals surface area (Å²) in [5.74, 6) is 0. The maximum Gasteiger partial charge on any atom is 0.0948 e. The van der Waals surface area contributed by atoms with Crippen molar-refractivity contribution in [2.45, 2.75) is 39.4 Å². The van der Waals surface area contributed by atoms with Crippen molar-refractivity contribution in [2.24, 2.45) is 0 Å². The number of halogens is 1. The van der Waals surface area contributed by atoms with Gasteiger partial charge in [0.2, 0.25) is 0 Å². The van der Waals surface area contributed by atoms with E-state index < -0.39 is 0 Å². The van der Waals surface area contributed by atoms with Gasteiger partial charge in [0.25, 0.3) is 0 Å². The Kier molecular flexibility index (Phi) is 5.16. The molecule has 0 radical (unpaired) electrons. The van der Waals surface area contributed by atoms with E-state index in [-0.39, 0.29) is 0 Å². The molecule has 0 aliphatic carbocycles. The maximum atomic E-state index is 4.22. The predicted molar refractivity (Wildman–Crippen MR) is 81.9 cm³/mol. The van der Waals surface area contributed by atoms with E-state index in [1.54, 1.807) is 0 Å². The average molecular weight is 322 g/mol. The highest BCUT2D eigenvalue weighted by Crippen LogP contribution is 2.22. The maximum absolute atomic E-state index is 4.22. The Balaban J connectivity index is 1.98. The highest BCUT2D eigenvalue weighted by Gasteiger charge is 2.09. The quantitative estimate of drug-likeness (QED) is 0.874. The summed E-state index contributed by atoms with van der Waals surface area (Å²) >= 11 is 3.60. The molecule has 0 aliphatic heterocycles. The standard InChI is InChI=1S/C15H20BrN3/c1-3-8-19-11-17-9-13(19)10-18-12(2)14-6-4-5-7-15(14)16/h4-7,9,11-12,18H,3,8,10H2,1-2H3. The molecule has 0 saturated carbocycles. The van der Waals surface area contributed by atoms with E-state index in [9.17, 15) is 0 Å². The van der Waals surface area contributed by atoms with Crippen molar-refractivity contribution in [1.29, 1.82) is 0 Å². The lowest BCUT2D eigenvalue weighted by Gasteiger charge is -2.16. The molecule has 0 bridgehead atoms. The molecule has 2 aromatic rings. The molecular formula is C15H20BrN3. The molecule has 1 heterocycles. The van der Waals surface area contributed by atoms with Gasteiger partial charge in [0, 0.05) is 29.8 Å². The van der Waals surface area contributed by atoms with Gasteiger partial charge in [0.1, 0.15) is 0 Å². The first-order valence-electron chi connectivity index (χ1n) is 6.69. The summed E-state index contributed by atoms with van der Waals surface area (Å²) < 4.78 is 3.36. The Labute approximate surface area is 123 Å². The van der Waals surface area contributed by atoms with Gasteiger partial charge in [-0.25, -0.2) is 4.98 Å². The fourth-order valence-corrected chi connectivity index (χ4v) is 2.76. The molecule has 2 rings (SSSR count). The summed E-state index contributed by atoms with van der Waals surface area (Å²) in [5.41, 5.74) is 2.52. The van der Waals surface area contributed by atoms with Gasteiger partial charge in [-0.2, -0.15) is 0 Å². The third kappa shape index (κ3) is 3.67.